The Labute approximate surface area is 116 Å². The number of benzene rings is 2. The lowest BCUT2D eigenvalue weighted by Gasteiger charge is -2.15. The Morgan fingerprint density at radius 2 is 2.05 bits per heavy atom. The van der Waals surface area contributed by atoms with Gasteiger partial charge in [0.05, 0.1) is 12.1 Å². The van der Waals surface area contributed by atoms with Crippen molar-refractivity contribution in [2.75, 3.05) is 5.32 Å². The summed E-state index contributed by atoms with van der Waals surface area (Å²) in [5.74, 6) is -0.725. The Bertz CT molecular complexity index is 697. The second-order valence-corrected chi connectivity index (χ2v) is 5.02. The highest BCUT2D eigenvalue weighted by Crippen LogP contribution is 2.32. The van der Waals surface area contributed by atoms with Gasteiger partial charge >= 0.3 is 0 Å². The van der Waals surface area contributed by atoms with E-state index in [9.17, 15) is 14.3 Å². The standard InChI is InChI=1S/C16H14FNO2/c1-9-4-2-3-5-12(9)16(20)11-6-10-8-14(19)18-15(10)13(17)7-11/h2-7,16,20H,8H2,1H3,(H,18,19). The number of halogens is 1. The first-order chi connectivity index (χ1) is 9.56. The van der Waals surface area contributed by atoms with E-state index in [1.807, 2.05) is 31.2 Å². The van der Waals surface area contributed by atoms with Gasteiger partial charge in [-0.3, -0.25) is 4.79 Å². The van der Waals surface area contributed by atoms with E-state index < -0.39 is 11.9 Å². The molecule has 20 heavy (non-hydrogen) atoms. The number of hydrogen-bond acceptors (Lipinski definition) is 2. The molecule has 0 fully saturated rings. The molecule has 3 rings (SSSR count). The van der Waals surface area contributed by atoms with E-state index in [-0.39, 0.29) is 18.0 Å². The minimum atomic E-state index is -0.897. The van der Waals surface area contributed by atoms with Crippen molar-refractivity contribution in [3.8, 4) is 0 Å². The summed E-state index contributed by atoms with van der Waals surface area (Å²) in [6.45, 7) is 1.90. The largest absolute Gasteiger partial charge is 0.384 e. The summed E-state index contributed by atoms with van der Waals surface area (Å²) in [7, 11) is 0. The highest BCUT2D eigenvalue weighted by Gasteiger charge is 2.24. The van der Waals surface area contributed by atoms with Crippen molar-refractivity contribution in [2.24, 2.45) is 0 Å². The topological polar surface area (TPSA) is 49.3 Å². The fraction of sp³-hybridized carbons (Fsp3) is 0.188. The van der Waals surface area contributed by atoms with Gasteiger partial charge in [0, 0.05) is 0 Å². The summed E-state index contributed by atoms with van der Waals surface area (Å²) < 4.78 is 14.0. The third-order valence-electron chi connectivity index (χ3n) is 3.61. The molecule has 1 amide bonds. The van der Waals surface area contributed by atoms with Crippen LogP contribution in [0.15, 0.2) is 36.4 Å². The van der Waals surface area contributed by atoms with Gasteiger partial charge in [-0.15, -0.1) is 0 Å². The number of rotatable bonds is 2. The molecule has 0 spiro atoms. The molecule has 2 N–H and O–H groups in total. The van der Waals surface area contributed by atoms with E-state index in [1.54, 1.807) is 6.07 Å². The predicted molar refractivity (Wildman–Crippen MR) is 74.0 cm³/mol. The quantitative estimate of drug-likeness (QED) is 0.882. The first kappa shape index (κ1) is 12.8. The molecule has 1 unspecified atom stereocenters. The van der Waals surface area contributed by atoms with E-state index in [4.69, 9.17) is 0 Å². The summed E-state index contributed by atoms with van der Waals surface area (Å²) in [6.07, 6.45) is -0.743. The molecule has 3 nitrogen and oxygen atoms in total. The smallest absolute Gasteiger partial charge is 0.228 e. The zero-order chi connectivity index (χ0) is 14.3. The third-order valence-corrected chi connectivity index (χ3v) is 3.61. The van der Waals surface area contributed by atoms with Gasteiger partial charge in [0.2, 0.25) is 5.91 Å². The molecule has 102 valence electrons. The molecule has 0 bridgehead atoms. The summed E-state index contributed by atoms with van der Waals surface area (Å²) >= 11 is 0. The molecule has 1 aliphatic heterocycles. The Hall–Kier alpha value is -2.20. The van der Waals surface area contributed by atoms with Crippen LogP contribution < -0.4 is 5.32 Å². The minimum absolute atomic E-state index is 0.153. The maximum Gasteiger partial charge on any atom is 0.228 e. The van der Waals surface area contributed by atoms with Crippen molar-refractivity contribution in [1.82, 2.24) is 0 Å². The zero-order valence-corrected chi connectivity index (χ0v) is 11.0. The lowest BCUT2D eigenvalue weighted by molar-refractivity contribution is -0.115. The lowest BCUT2D eigenvalue weighted by atomic mass is 9.95. The third kappa shape index (κ3) is 2.08. The van der Waals surface area contributed by atoms with Gasteiger partial charge in [-0.1, -0.05) is 30.3 Å². The number of anilines is 1. The summed E-state index contributed by atoms with van der Waals surface area (Å²) in [5.41, 5.74) is 2.97. The fourth-order valence-electron chi connectivity index (χ4n) is 2.55. The number of aliphatic hydroxyl groups is 1. The Morgan fingerprint density at radius 3 is 2.80 bits per heavy atom. The second kappa shape index (κ2) is 4.72. The number of carbonyl (C=O) groups excluding carboxylic acids is 1. The number of amides is 1. The first-order valence-electron chi connectivity index (χ1n) is 6.42. The molecule has 0 aromatic heterocycles. The molecular formula is C16H14FNO2. The van der Waals surface area contributed by atoms with Crippen LogP contribution in [0, 0.1) is 12.7 Å². The van der Waals surface area contributed by atoms with Crippen LogP contribution >= 0.6 is 0 Å². The Balaban J connectivity index is 2.04. The predicted octanol–water partition coefficient (Wildman–Crippen LogP) is 2.71. The average Bonchev–Trinajstić information content (AvgIpc) is 2.79. The van der Waals surface area contributed by atoms with Crippen molar-refractivity contribution in [2.45, 2.75) is 19.4 Å². The minimum Gasteiger partial charge on any atom is -0.384 e. The Kier molecular flexibility index (Phi) is 3.03. The molecule has 2 aromatic rings. The lowest BCUT2D eigenvalue weighted by Crippen LogP contribution is -2.05. The van der Waals surface area contributed by atoms with Gasteiger partial charge in [0.25, 0.3) is 0 Å². The second-order valence-electron chi connectivity index (χ2n) is 5.02. The van der Waals surface area contributed by atoms with Gasteiger partial charge in [-0.2, -0.15) is 0 Å². The number of aryl methyl sites for hydroxylation is 1. The van der Waals surface area contributed by atoms with Crippen molar-refractivity contribution in [3.63, 3.8) is 0 Å². The van der Waals surface area contributed by atoms with Crippen LogP contribution in [-0.2, 0) is 11.2 Å². The van der Waals surface area contributed by atoms with Crippen LogP contribution in [0.2, 0.25) is 0 Å². The molecular weight excluding hydrogens is 257 g/mol. The highest BCUT2D eigenvalue weighted by molar-refractivity contribution is 5.99. The normalized spacial score (nSPS) is 14.8. The maximum atomic E-state index is 14.0. The molecule has 0 saturated carbocycles. The SMILES string of the molecule is Cc1ccccc1C(O)c1cc(F)c2c(c1)CC(=O)N2. The molecule has 2 aromatic carbocycles. The molecule has 0 saturated heterocycles. The number of aliphatic hydroxyl groups excluding tert-OH is 1. The Morgan fingerprint density at radius 1 is 1.30 bits per heavy atom. The van der Waals surface area contributed by atoms with Crippen molar-refractivity contribution in [3.05, 3.63) is 64.5 Å². The van der Waals surface area contributed by atoms with E-state index in [1.165, 1.54) is 6.07 Å². The van der Waals surface area contributed by atoms with E-state index in [0.717, 1.165) is 11.1 Å². The molecule has 1 aliphatic rings. The fourth-order valence-corrected chi connectivity index (χ4v) is 2.55. The van der Waals surface area contributed by atoms with E-state index >= 15 is 0 Å². The summed E-state index contributed by atoms with van der Waals surface area (Å²) in [4.78, 5) is 11.3. The van der Waals surface area contributed by atoms with Crippen LogP contribution in [0.4, 0.5) is 10.1 Å². The van der Waals surface area contributed by atoms with Crippen LogP contribution in [0.5, 0.6) is 0 Å². The van der Waals surface area contributed by atoms with Gasteiger partial charge < -0.3 is 10.4 Å². The highest BCUT2D eigenvalue weighted by atomic mass is 19.1. The van der Waals surface area contributed by atoms with Crippen LogP contribution in [0.25, 0.3) is 0 Å². The van der Waals surface area contributed by atoms with Gasteiger partial charge in [0.15, 0.2) is 0 Å². The van der Waals surface area contributed by atoms with Gasteiger partial charge in [0.1, 0.15) is 11.9 Å². The van der Waals surface area contributed by atoms with Gasteiger partial charge in [-0.05, 0) is 35.2 Å². The van der Waals surface area contributed by atoms with Crippen molar-refractivity contribution >= 4 is 11.6 Å². The van der Waals surface area contributed by atoms with Crippen LogP contribution in [-0.4, -0.2) is 11.0 Å². The molecule has 1 atom stereocenters. The number of carbonyl (C=O) groups is 1. The van der Waals surface area contributed by atoms with Gasteiger partial charge in [-0.25, -0.2) is 4.39 Å². The number of hydrogen-bond donors (Lipinski definition) is 2. The average molecular weight is 271 g/mol. The molecule has 4 heteroatoms. The zero-order valence-electron chi connectivity index (χ0n) is 11.0. The monoisotopic (exact) mass is 271 g/mol. The maximum absolute atomic E-state index is 14.0. The molecule has 0 aliphatic carbocycles. The first-order valence-corrected chi connectivity index (χ1v) is 6.42. The van der Waals surface area contributed by atoms with Crippen LogP contribution in [0.1, 0.15) is 28.4 Å². The van der Waals surface area contributed by atoms with Crippen molar-refractivity contribution in [1.29, 1.82) is 0 Å². The molecule has 1 heterocycles. The summed E-state index contributed by atoms with van der Waals surface area (Å²) in [6, 6.07) is 10.4. The number of nitrogens with one attached hydrogen (secondary N) is 1. The number of fused-ring (bicyclic) bond motifs is 1. The summed E-state index contributed by atoms with van der Waals surface area (Å²) in [5, 5.41) is 12.9. The van der Waals surface area contributed by atoms with E-state index in [2.05, 4.69) is 5.32 Å². The van der Waals surface area contributed by atoms with Crippen LogP contribution in [0.3, 0.4) is 0 Å². The van der Waals surface area contributed by atoms with Crippen molar-refractivity contribution < 1.29 is 14.3 Å². The molecule has 0 radical (unpaired) electrons. The van der Waals surface area contributed by atoms with E-state index in [0.29, 0.717) is 11.1 Å².